The van der Waals surface area contributed by atoms with Crippen LogP contribution >= 0.6 is 24.0 Å². The summed E-state index contributed by atoms with van der Waals surface area (Å²) in [5.74, 6) is 0.128. The van der Waals surface area contributed by atoms with Gasteiger partial charge in [0.25, 0.3) is 5.91 Å². The van der Waals surface area contributed by atoms with Crippen molar-refractivity contribution >= 4 is 35.8 Å². The quantitative estimate of drug-likeness (QED) is 0.798. The Bertz CT molecular complexity index is 459. The molecule has 4 nitrogen and oxygen atoms in total. The third kappa shape index (κ3) is 3.05. The summed E-state index contributed by atoms with van der Waals surface area (Å²) in [7, 11) is 0. The summed E-state index contributed by atoms with van der Waals surface area (Å²) in [6, 6.07) is 1.80. The second-order valence-electron chi connectivity index (χ2n) is 4.32. The molecule has 2 rings (SSSR count). The van der Waals surface area contributed by atoms with Crippen molar-refractivity contribution in [2.24, 2.45) is 0 Å². The molecule has 1 saturated heterocycles. The lowest BCUT2D eigenvalue weighted by molar-refractivity contribution is -0.128. The van der Waals surface area contributed by atoms with Gasteiger partial charge in [0.2, 0.25) is 5.91 Å². The van der Waals surface area contributed by atoms with Crippen molar-refractivity contribution in [1.82, 2.24) is 9.80 Å². The maximum atomic E-state index is 12.2. The number of carbonyl (C=O) groups is 2. The molecule has 0 atom stereocenters. The van der Waals surface area contributed by atoms with Gasteiger partial charge >= 0.3 is 0 Å². The minimum Gasteiger partial charge on any atom is -0.341 e. The topological polar surface area (TPSA) is 40.6 Å². The van der Waals surface area contributed by atoms with Crippen LogP contribution in [0.15, 0.2) is 16.3 Å². The number of thiol groups is 1. The van der Waals surface area contributed by atoms with E-state index in [1.807, 2.05) is 10.3 Å². The van der Waals surface area contributed by atoms with E-state index in [1.54, 1.807) is 17.9 Å². The molecule has 1 aliphatic rings. The molecule has 2 amide bonds. The van der Waals surface area contributed by atoms with Gasteiger partial charge in [0.1, 0.15) is 0 Å². The van der Waals surface area contributed by atoms with Crippen LogP contribution in [0, 0.1) is 0 Å². The van der Waals surface area contributed by atoms with Crippen molar-refractivity contribution in [1.29, 1.82) is 0 Å². The minimum atomic E-state index is 0.0469. The van der Waals surface area contributed by atoms with E-state index in [4.69, 9.17) is 0 Å². The highest BCUT2D eigenvalue weighted by Gasteiger charge is 2.22. The van der Waals surface area contributed by atoms with E-state index in [1.165, 1.54) is 11.3 Å². The number of amides is 2. The average Bonchev–Trinajstić information content (AvgIpc) is 2.63. The minimum absolute atomic E-state index is 0.0469. The molecule has 98 valence electrons. The first-order chi connectivity index (χ1) is 8.58. The van der Waals surface area contributed by atoms with E-state index >= 15 is 0 Å². The molecule has 1 aliphatic heterocycles. The molecule has 0 aromatic carbocycles. The highest BCUT2D eigenvalue weighted by molar-refractivity contribution is 7.80. The van der Waals surface area contributed by atoms with Gasteiger partial charge in [-0.1, -0.05) is 0 Å². The van der Waals surface area contributed by atoms with Crippen LogP contribution in [0.25, 0.3) is 0 Å². The molecule has 0 N–H and O–H groups in total. The van der Waals surface area contributed by atoms with Crippen LogP contribution in [0.4, 0.5) is 0 Å². The second kappa shape index (κ2) is 5.75. The largest absolute Gasteiger partial charge is 0.341 e. The molecule has 0 saturated carbocycles. The van der Waals surface area contributed by atoms with E-state index in [0.717, 1.165) is 22.7 Å². The molecule has 0 spiro atoms. The lowest BCUT2D eigenvalue weighted by Crippen LogP contribution is -2.36. The summed E-state index contributed by atoms with van der Waals surface area (Å²) in [4.78, 5) is 28.7. The molecule has 0 bridgehead atoms. The molecule has 2 heterocycles. The zero-order valence-corrected chi connectivity index (χ0v) is 12.0. The monoisotopic (exact) mass is 284 g/mol. The molecule has 0 unspecified atom stereocenters. The molecule has 0 radical (unpaired) electrons. The number of rotatable bonds is 1. The zero-order chi connectivity index (χ0) is 13.1. The van der Waals surface area contributed by atoms with Crippen LogP contribution < -0.4 is 0 Å². The van der Waals surface area contributed by atoms with E-state index in [-0.39, 0.29) is 11.8 Å². The molecule has 18 heavy (non-hydrogen) atoms. The molecule has 0 aliphatic carbocycles. The molecular formula is C12H16N2O2S2. The highest BCUT2D eigenvalue weighted by atomic mass is 32.1. The summed E-state index contributed by atoms with van der Waals surface area (Å²) in [5, 5.41) is 1.86. The average molecular weight is 284 g/mol. The van der Waals surface area contributed by atoms with E-state index < -0.39 is 0 Å². The Balaban J connectivity index is 2.02. The van der Waals surface area contributed by atoms with Gasteiger partial charge in [0.15, 0.2) is 0 Å². The molecule has 1 aromatic rings. The van der Waals surface area contributed by atoms with Crippen LogP contribution in [0.5, 0.6) is 0 Å². The lowest BCUT2D eigenvalue weighted by atomic mass is 10.3. The smallest absolute Gasteiger partial charge is 0.264 e. The summed E-state index contributed by atoms with van der Waals surface area (Å²) in [6.45, 7) is 4.26. The van der Waals surface area contributed by atoms with E-state index in [0.29, 0.717) is 19.6 Å². The number of carbonyl (C=O) groups excluding carboxylic acids is 2. The molecule has 1 aromatic heterocycles. The van der Waals surface area contributed by atoms with Gasteiger partial charge in [0.05, 0.1) is 4.88 Å². The van der Waals surface area contributed by atoms with Crippen LogP contribution in [0.1, 0.15) is 23.0 Å². The summed E-state index contributed by atoms with van der Waals surface area (Å²) < 4.78 is 0. The van der Waals surface area contributed by atoms with Crippen LogP contribution in [0.2, 0.25) is 0 Å². The predicted molar refractivity (Wildman–Crippen MR) is 74.3 cm³/mol. The second-order valence-corrected chi connectivity index (χ2v) is 5.75. The molecule has 6 heteroatoms. The summed E-state index contributed by atoms with van der Waals surface area (Å²) in [5.41, 5.74) is 0. The first-order valence-corrected chi connectivity index (χ1v) is 7.23. The Morgan fingerprint density at radius 1 is 1.22 bits per heavy atom. The van der Waals surface area contributed by atoms with Crippen molar-refractivity contribution in [2.45, 2.75) is 18.2 Å². The molecule has 1 fully saturated rings. The number of hydrogen-bond acceptors (Lipinski definition) is 4. The van der Waals surface area contributed by atoms with Gasteiger partial charge in [-0.05, 0) is 12.5 Å². The van der Waals surface area contributed by atoms with Crippen molar-refractivity contribution in [3.05, 3.63) is 16.3 Å². The Hall–Kier alpha value is -1.01. The lowest BCUT2D eigenvalue weighted by Gasteiger charge is -2.20. The van der Waals surface area contributed by atoms with Gasteiger partial charge in [-0.25, -0.2) is 0 Å². The van der Waals surface area contributed by atoms with Gasteiger partial charge in [-0.3, -0.25) is 9.59 Å². The zero-order valence-electron chi connectivity index (χ0n) is 10.3. The van der Waals surface area contributed by atoms with Gasteiger partial charge in [-0.15, -0.1) is 24.0 Å². The van der Waals surface area contributed by atoms with Crippen molar-refractivity contribution in [3.8, 4) is 0 Å². The highest BCUT2D eigenvalue weighted by Crippen LogP contribution is 2.20. The Kier molecular flexibility index (Phi) is 4.29. The number of hydrogen-bond donors (Lipinski definition) is 1. The third-order valence-electron chi connectivity index (χ3n) is 3.02. The third-order valence-corrected chi connectivity index (χ3v) is 4.38. The predicted octanol–water partition coefficient (Wildman–Crippen LogP) is 1.73. The standard InChI is InChI=1S/C12H16N2O2S2/c1-9(15)13-3-2-4-14(6-5-13)12(16)11-7-10(17)8-18-11/h7-8,17H,2-6H2,1H3. The van der Waals surface area contributed by atoms with Crippen molar-refractivity contribution in [2.75, 3.05) is 26.2 Å². The first kappa shape index (κ1) is 13.4. The Morgan fingerprint density at radius 3 is 2.50 bits per heavy atom. The molecular weight excluding hydrogens is 268 g/mol. The summed E-state index contributed by atoms with van der Waals surface area (Å²) in [6.07, 6.45) is 0.838. The number of thiophene rings is 1. The van der Waals surface area contributed by atoms with Crippen LogP contribution in [-0.2, 0) is 4.79 Å². The fourth-order valence-corrected chi connectivity index (χ4v) is 3.14. The Morgan fingerprint density at radius 2 is 1.89 bits per heavy atom. The van der Waals surface area contributed by atoms with Gasteiger partial charge in [0, 0.05) is 43.4 Å². The van der Waals surface area contributed by atoms with Crippen LogP contribution in [0.3, 0.4) is 0 Å². The summed E-state index contributed by atoms with van der Waals surface area (Å²) >= 11 is 5.63. The Labute approximate surface area is 116 Å². The maximum absolute atomic E-state index is 12.2. The van der Waals surface area contributed by atoms with E-state index in [9.17, 15) is 9.59 Å². The SMILES string of the molecule is CC(=O)N1CCCN(C(=O)c2cc(S)cs2)CC1. The fourth-order valence-electron chi connectivity index (χ4n) is 2.03. The van der Waals surface area contributed by atoms with Gasteiger partial charge < -0.3 is 9.80 Å². The van der Waals surface area contributed by atoms with E-state index in [2.05, 4.69) is 12.6 Å². The van der Waals surface area contributed by atoms with Crippen molar-refractivity contribution < 1.29 is 9.59 Å². The van der Waals surface area contributed by atoms with Crippen molar-refractivity contribution in [3.63, 3.8) is 0 Å². The van der Waals surface area contributed by atoms with Gasteiger partial charge in [-0.2, -0.15) is 0 Å². The fraction of sp³-hybridized carbons (Fsp3) is 0.500. The first-order valence-electron chi connectivity index (χ1n) is 5.90. The normalized spacial score (nSPS) is 16.6. The van der Waals surface area contributed by atoms with Crippen LogP contribution in [-0.4, -0.2) is 47.8 Å². The number of nitrogens with zero attached hydrogens (tertiary/aromatic N) is 2. The maximum Gasteiger partial charge on any atom is 0.264 e.